The molecule has 3 heterocycles. The van der Waals surface area contributed by atoms with Crippen LogP contribution >= 0.6 is 11.3 Å². The lowest BCUT2D eigenvalue weighted by Gasteiger charge is -2.20. The van der Waals surface area contributed by atoms with Gasteiger partial charge < -0.3 is 20.5 Å². The Morgan fingerprint density at radius 2 is 2.32 bits per heavy atom. The second-order valence-corrected chi connectivity index (χ2v) is 7.10. The van der Waals surface area contributed by atoms with Crippen molar-refractivity contribution in [2.24, 2.45) is 5.73 Å². The van der Waals surface area contributed by atoms with Crippen LogP contribution in [0.5, 0.6) is 5.75 Å². The van der Waals surface area contributed by atoms with E-state index < -0.39 is 5.60 Å². The first-order chi connectivity index (χ1) is 12.0. The summed E-state index contributed by atoms with van der Waals surface area (Å²) in [5.74, 6) is 0.0634. The number of aromatic nitrogens is 3. The molecule has 1 aliphatic heterocycles. The normalized spacial score (nSPS) is 20.6. The van der Waals surface area contributed by atoms with E-state index in [0.717, 1.165) is 15.8 Å². The summed E-state index contributed by atoms with van der Waals surface area (Å²) in [6, 6.07) is 4.37. The molecular formula is C16H18FN5O2S. The van der Waals surface area contributed by atoms with E-state index >= 15 is 0 Å². The third-order valence-corrected chi connectivity index (χ3v) is 5.48. The molecule has 4 rings (SSSR count). The van der Waals surface area contributed by atoms with Gasteiger partial charge in [-0.3, -0.25) is 0 Å². The van der Waals surface area contributed by atoms with Crippen molar-refractivity contribution in [3.8, 4) is 17.0 Å². The van der Waals surface area contributed by atoms with E-state index in [2.05, 4.69) is 10.1 Å². The number of aliphatic hydroxyl groups is 1. The van der Waals surface area contributed by atoms with Gasteiger partial charge in [-0.1, -0.05) is 11.3 Å². The van der Waals surface area contributed by atoms with Gasteiger partial charge in [-0.25, -0.2) is 13.9 Å². The number of nitrogens with two attached hydrogens (primary N) is 1. The molecular weight excluding hydrogens is 345 g/mol. The van der Waals surface area contributed by atoms with Crippen molar-refractivity contribution >= 4 is 21.4 Å². The lowest BCUT2D eigenvalue weighted by molar-refractivity contribution is 0.0725. The molecule has 0 aliphatic carbocycles. The number of methoxy groups -OCH3 is 1. The average Bonchev–Trinajstić information content (AvgIpc) is 3.29. The highest BCUT2D eigenvalue weighted by atomic mass is 32.1. The van der Waals surface area contributed by atoms with Crippen LogP contribution in [-0.4, -0.2) is 52.0 Å². The highest BCUT2D eigenvalue weighted by Crippen LogP contribution is 2.35. The summed E-state index contributed by atoms with van der Waals surface area (Å²) in [7, 11) is 1.50. The minimum atomic E-state index is -0.864. The smallest absolute Gasteiger partial charge is 0.214 e. The zero-order valence-corrected chi connectivity index (χ0v) is 14.5. The number of hydrogen-bond acceptors (Lipinski definition) is 7. The standard InChI is InChI=1S/C16H18FN5O2S/c1-24-13-6-10(17)2-3-11(13)12-7-19-14-22(12)20-15(25-14)21-5-4-16(23,8-18)9-21/h2-3,6-7,23H,4-5,8-9,18H2,1H3. The number of ether oxygens (including phenoxy) is 1. The van der Waals surface area contributed by atoms with Crippen LogP contribution in [0.15, 0.2) is 24.4 Å². The zero-order chi connectivity index (χ0) is 17.6. The van der Waals surface area contributed by atoms with Gasteiger partial charge in [0.2, 0.25) is 10.1 Å². The molecule has 1 saturated heterocycles. The Bertz CT molecular complexity index is 927. The van der Waals surface area contributed by atoms with E-state index in [9.17, 15) is 9.50 Å². The Kier molecular flexibility index (Phi) is 3.86. The van der Waals surface area contributed by atoms with Gasteiger partial charge in [-0.2, -0.15) is 0 Å². The number of β-amino-alcohol motifs (C(OH)–C–C–N with tert-alkyl or cyclic N) is 1. The minimum Gasteiger partial charge on any atom is -0.496 e. The van der Waals surface area contributed by atoms with E-state index in [0.29, 0.717) is 30.8 Å². The predicted octanol–water partition coefficient (Wildman–Crippen LogP) is 1.51. The van der Waals surface area contributed by atoms with Gasteiger partial charge in [0.05, 0.1) is 31.1 Å². The van der Waals surface area contributed by atoms with Crippen molar-refractivity contribution in [1.29, 1.82) is 0 Å². The van der Waals surface area contributed by atoms with Gasteiger partial charge >= 0.3 is 0 Å². The Hall–Kier alpha value is -2.23. The van der Waals surface area contributed by atoms with Crippen molar-refractivity contribution in [3.63, 3.8) is 0 Å². The quantitative estimate of drug-likeness (QED) is 0.730. The Morgan fingerprint density at radius 1 is 1.48 bits per heavy atom. The molecule has 25 heavy (non-hydrogen) atoms. The number of hydrogen-bond donors (Lipinski definition) is 2. The fourth-order valence-electron chi connectivity index (χ4n) is 3.06. The number of fused-ring (bicyclic) bond motifs is 1. The molecule has 1 fully saturated rings. The number of imidazole rings is 1. The number of nitrogens with zero attached hydrogens (tertiary/aromatic N) is 4. The number of benzene rings is 1. The van der Waals surface area contributed by atoms with Crippen LogP contribution in [0.25, 0.3) is 16.2 Å². The fourth-order valence-corrected chi connectivity index (χ4v) is 3.96. The average molecular weight is 363 g/mol. The highest BCUT2D eigenvalue weighted by molar-refractivity contribution is 7.20. The maximum absolute atomic E-state index is 13.4. The Labute approximate surface area is 147 Å². The van der Waals surface area contributed by atoms with E-state index in [1.54, 1.807) is 16.8 Å². The summed E-state index contributed by atoms with van der Waals surface area (Å²) in [6.07, 6.45) is 2.31. The molecule has 132 valence electrons. The third kappa shape index (κ3) is 2.74. The first-order valence-corrected chi connectivity index (χ1v) is 8.70. The van der Waals surface area contributed by atoms with E-state index in [1.807, 2.05) is 4.90 Å². The van der Waals surface area contributed by atoms with Crippen LogP contribution in [0.2, 0.25) is 0 Å². The molecule has 7 nitrogen and oxygen atoms in total. The van der Waals surface area contributed by atoms with E-state index in [-0.39, 0.29) is 12.4 Å². The molecule has 3 N–H and O–H groups in total. The van der Waals surface area contributed by atoms with Crippen LogP contribution in [0.4, 0.5) is 9.52 Å². The molecule has 0 bridgehead atoms. The van der Waals surface area contributed by atoms with Crippen LogP contribution in [0, 0.1) is 5.82 Å². The number of rotatable bonds is 4. The first-order valence-electron chi connectivity index (χ1n) is 7.89. The molecule has 1 aliphatic rings. The molecule has 1 aromatic carbocycles. The SMILES string of the molecule is COc1cc(F)ccc1-c1cnc2sc(N3CCC(O)(CN)C3)nn12. The Balaban J connectivity index is 1.73. The maximum Gasteiger partial charge on any atom is 0.214 e. The van der Waals surface area contributed by atoms with Crippen molar-refractivity contribution < 1.29 is 14.2 Å². The summed E-state index contributed by atoms with van der Waals surface area (Å²) in [6.45, 7) is 1.37. The number of halogens is 1. The van der Waals surface area contributed by atoms with Crippen LogP contribution in [0.1, 0.15) is 6.42 Å². The van der Waals surface area contributed by atoms with E-state index in [4.69, 9.17) is 10.5 Å². The summed E-state index contributed by atoms with van der Waals surface area (Å²) < 4.78 is 20.5. The zero-order valence-electron chi connectivity index (χ0n) is 13.6. The molecule has 2 aromatic heterocycles. The van der Waals surface area contributed by atoms with Crippen molar-refractivity contribution in [2.75, 3.05) is 31.6 Å². The van der Waals surface area contributed by atoms with Crippen molar-refractivity contribution in [2.45, 2.75) is 12.0 Å². The maximum atomic E-state index is 13.4. The molecule has 9 heteroatoms. The molecule has 1 unspecified atom stereocenters. The fraction of sp³-hybridized carbons (Fsp3) is 0.375. The van der Waals surface area contributed by atoms with Crippen LogP contribution in [-0.2, 0) is 0 Å². The topological polar surface area (TPSA) is 88.9 Å². The van der Waals surface area contributed by atoms with Crippen molar-refractivity contribution in [3.05, 3.63) is 30.2 Å². The largest absolute Gasteiger partial charge is 0.496 e. The predicted molar refractivity (Wildman–Crippen MR) is 93.6 cm³/mol. The highest BCUT2D eigenvalue weighted by Gasteiger charge is 2.36. The van der Waals surface area contributed by atoms with Crippen LogP contribution < -0.4 is 15.4 Å². The molecule has 0 spiro atoms. The van der Waals surface area contributed by atoms with Crippen molar-refractivity contribution in [1.82, 2.24) is 14.6 Å². The lowest BCUT2D eigenvalue weighted by atomic mass is 10.0. The molecule has 1 atom stereocenters. The minimum absolute atomic E-state index is 0.226. The summed E-state index contributed by atoms with van der Waals surface area (Å²) in [5, 5.41) is 15.7. The molecule has 0 radical (unpaired) electrons. The second-order valence-electron chi connectivity index (χ2n) is 6.17. The Morgan fingerprint density at radius 3 is 3.04 bits per heavy atom. The van der Waals surface area contributed by atoms with Gasteiger partial charge in [-0.15, -0.1) is 5.10 Å². The molecule has 0 amide bonds. The van der Waals surface area contributed by atoms with Crippen LogP contribution in [0.3, 0.4) is 0 Å². The molecule has 3 aromatic rings. The monoisotopic (exact) mass is 363 g/mol. The summed E-state index contributed by atoms with van der Waals surface area (Å²) in [4.78, 5) is 7.13. The third-order valence-electron chi connectivity index (χ3n) is 4.50. The number of anilines is 1. The van der Waals surface area contributed by atoms with Gasteiger partial charge in [-0.05, 0) is 18.6 Å². The van der Waals surface area contributed by atoms with Gasteiger partial charge in [0, 0.05) is 24.7 Å². The van der Waals surface area contributed by atoms with Gasteiger partial charge in [0.15, 0.2) is 0 Å². The first kappa shape index (κ1) is 16.2. The van der Waals surface area contributed by atoms with Gasteiger partial charge in [0.1, 0.15) is 11.6 Å². The summed E-state index contributed by atoms with van der Waals surface area (Å²) >= 11 is 1.44. The summed E-state index contributed by atoms with van der Waals surface area (Å²) in [5.41, 5.74) is 6.23. The van der Waals surface area contributed by atoms with E-state index in [1.165, 1.54) is 30.6 Å². The second kappa shape index (κ2) is 5.94. The van der Waals surface area contributed by atoms with Gasteiger partial charge in [0.25, 0.3) is 0 Å². The molecule has 0 saturated carbocycles. The lowest BCUT2D eigenvalue weighted by Crippen LogP contribution is -2.40.